The number of hydrogen-bond acceptors (Lipinski definition) is 3. The van der Waals surface area contributed by atoms with Crippen molar-refractivity contribution in [3.05, 3.63) is 16.4 Å². The van der Waals surface area contributed by atoms with E-state index in [1.165, 1.54) is 0 Å². The molecule has 1 aromatic rings. The van der Waals surface area contributed by atoms with Crippen LogP contribution in [0.4, 0.5) is 0 Å². The van der Waals surface area contributed by atoms with Gasteiger partial charge >= 0.3 is 0 Å². The van der Waals surface area contributed by atoms with Crippen molar-refractivity contribution in [3.8, 4) is 0 Å². The van der Waals surface area contributed by atoms with Crippen LogP contribution in [0.2, 0.25) is 5.02 Å². The number of likely N-dealkylation sites (tertiary alicyclic amines) is 1. The molecule has 0 radical (unpaired) electrons. The van der Waals surface area contributed by atoms with E-state index in [1.807, 2.05) is 11.7 Å². The molecular weight excluding hydrogens is 274 g/mol. The first-order valence-corrected chi connectivity index (χ1v) is 8.02. The Balaban J connectivity index is 2.14. The van der Waals surface area contributed by atoms with Crippen molar-refractivity contribution in [3.63, 3.8) is 0 Å². The zero-order chi connectivity index (χ0) is 14.8. The van der Waals surface area contributed by atoms with Crippen molar-refractivity contribution >= 4 is 11.6 Å². The summed E-state index contributed by atoms with van der Waals surface area (Å²) >= 11 is 6.40. The molecule has 114 valence electrons. The molecule has 1 aliphatic rings. The summed E-state index contributed by atoms with van der Waals surface area (Å²) in [7, 11) is 1.92. The van der Waals surface area contributed by atoms with Gasteiger partial charge in [0.15, 0.2) is 0 Å². The number of halogens is 1. The topological polar surface area (TPSA) is 41.3 Å². The van der Waals surface area contributed by atoms with E-state index in [-0.39, 0.29) is 0 Å². The van der Waals surface area contributed by atoms with Crippen molar-refractivity contribution in [1.82, 2.24) is 14.7 Å². The SMILES string of the molecule is CCc1nn(C)c(CC2(O)CCCN(CC)CC2)c1Cl. The molecule has 1 aliphatic heterocycles. The van der Waals surface area contributed by atoms with Crippen molar-refractivity contribution in [2.75, 3.05) is 19.6 Å². The Morgan fingerprint density at radius 2 is 2.05 bits per heavy atom. The van der Waals surface area contributed by atoms with Gasteiger partial charge < -0.3 is 10.0 Å². The summed E-state index contributed by atoms with van der Waals surface area (Å²) < 4.78 is 1.83. The molecule has 20 heavy (non-hydrogen) atoms. The van der Waals surface area contributed by atoms with Gasteiger partial charge in [0.25, 0.3) is 0 Å². The van der Waals surface area contributed by atoms with Gasteiger partial charge in [-0.25, -0.2) is 0 Å². The lowest BCUT2D eigenvalue weighted by Gasteiger charge is -2.27. The summed E-state index contributed by atoms with van der Waals surface area (Å²) in [6.45, 7) is 7.33. The predicted molar refractivity (Wildman–Crippen MR) is 82.2 cm³/mol. The van der Waals surface area contributed by atoms with Crippen LogP contribution in [0.1, 0.15) is 44.5 Å². The minimum Gasteiger partial charge on any atom is -0.389 e. The van der Waals surface area contributed by atoms with Crippen LogP contribution in [-0.4, -0.2) is 45.0 Å². The Kier molecular flexibility index (Phi) is 5.10. The quantitative estimate of drug-likeness (QED) is 0.928. The maximum atomic E-state index is 10.9. The monoisotopic (exact) mass is 299 g/mol. The number of aromatic nitrogens is 2. The fourth-order valence-corrected chi connectivity index (χ4v) is 3.41. The zero-order valence-corrected chi connectivity index (χ0v) is 13.6. The first-order valence-electron chi connectivity index (χ1n) is 7.64. The van der Waals surface area contributed by atoms with E-state index in [2.05, 4.69) is 23.8 Å². The van der Waals surface area contributed by atoms with Gasteiger partial charge in [-0.1, -0.05) is 25.4 Å². The molecule has 2 rings (SSSR count). The number of rotatable bonds is 4. The number of aryl methyl sites for hydroxylation is 2. The predicted octanol–water partition coefficient (Wildman–Crippen LogP) is 2.42. The normalized spacial score (nSPS) is 24.9. The van der Waals surface area contributed by atoms with Gasteiger partial charge in [-0.05, 0) is 38.8 Å². The summed E-state index contributed by atoms with van der Waals surface area (Å²) in [5, 5.41) is 16.1. The molecule has 0 amide bonds. The molecule has 1 saturated heterocycles. The molecule has 1 aromatic heterocycles. The van der Waals surface area contributed by atoms with Crippen LogP contribution in [-0.2, 0) is 19.9 Å². The summed E-state index contributed by atoms with van der Waals surface area (Å²) in [5.74, 6) is 0. The maximum absolute atomic E-state index is 10.9. The third-order valence-corrected chi connectivity index (χ3v) is 4.89. The van der Waals surface area contributed by atoms with Crippen molar-refractivity contribution in [2.45, 2.75) is 51.6 Å². The van der Waals surface area contributed by atoms with Crippen molar-refractivity contribution < 1.29 is 5.11 Å². The first-order chi connectivity index (χ1) is 9.49. The summed E-state index contributed by atoms with van der Waals surface area (Å²) in [5.41, 5.74) is 1.25. The fourth-order valence-electron chi connectivity index (χ4n) is 3.05. The molecule has 1 unspecified atom stereocenters. The second-order valence-corrected chi connectivity index (χ2v) is 6.25. The molecular formula is C15H26ClN3O. The largest absolute Gasteiger partial charge is 0.389 e. The lowest BCUT2D eigenvalue weighted by molar-refractivity contribution is 0.0241. The van der Waals surface area contributed by atoms with Gasteiger partial charge in [-0.2, -0.15) is 5.10 Å². The Labute approximate surface area is 126 Å². The van der Waals surface area contributed by atoms with E-state index in [0.29, 0.717) is 6.42 Å². The van der Waals surface area contributed by atoms with E-state index in [9.17, 15) is 5.11 Å². The fraction of sp³-hybridized carbons (Fsp3) is 0.800. The van der Waals surface area contributed by atoms with Crippen LogP contribution in [0.5, 0.6) is 0 Å². The van der Waals surface area contributed by atoms with Gasteiger partial charge in [0, 0.05) is 20.0 Å². The Morgan fingerprint density at radius 3 is 2.65 bits per heavy atom. The Bertz CT molecular complexity index is 460. The molecule has 2 heterocycles. The average molecular weight is 300 g/mol. The number of nitrogens with zero attached hydrogens (tertiary/aromatic N) is 3. The zero-order valence-electron chi connectivity index (χ0n) is 12.8. The lowest BCUT2D eigenvalue weighted by atomic mass is 9.89. The van der Waals surface area contributed by atoms with Gasteiger partial charge in [0.05, 0.1) is 22.0 Å². The number of aliphatic hydroxyl groups is 1. The van der Waals surface area contributed by atoms with Gasteiger partial charge in [0.1, 0.15) is 0 Å². The Hall–Kier alpha value is -0.580. The second kappa shape index (κ2) is 6.46. The Morgan fingerprint density at radius 1 is 1.30 bits per heavy atom. The first kappa shape index (κ1) is 15.8. The van der Waals surface area contributed by atoms with Crippen molar-refractivity contribution in [2.24, 2.45) is 7.05 Å². The molecule has 0 aliphatic carbocycles. The minimum atomic E-state index is -0.646. The molecule has 0 bridgehead atoms. The van der Waals surface area contributed by atoms with Crippen LogP contribution in [0.3, 0.4) is 0 Å². The molecule has 0 spiro atoms. The van der Waals surface area contributed by atoms with Crippen LogP contribution in [0, 0.1) is 0 Å². The van der Waals surface area contributed by atoms with Crippen LogP contribution >= 0.6 is 11.6 Å². The van der Waals surface area contributed by atoms with E-state index in [4.69, 9.17) is 11.6 Å². The van der Waals surface area contributed by atoms with Crippen LogP contribution in [0.15, 0.2) is 0 Å². The summed E-state index contributed by atoms with van der Waals surface area (Å²) in [6.07, 6.45) is 4.12. The molecule has 1 atom stereocenters. The molecule has 4 nitrogen and oxygen atoms in total. The van der Waals surface area contributed by atoms with Crippen molar-refractivity contribution in [1.29, 1.82) is 0 Å². The standard InChI is InChI=1S/C15H26ClN3O/c1-4-12-14(16)13(18(3)17-12)11-15(20)7-6-9-19(5-2)10-8-15/h20H,4-11H2,1-3H3. The third kappa shape index (κ3) is 3.35. The van der Waals surface area contributed by atoms with E-state index in [0.717, 1.165) is 61.7 Å². The molecule has 0 aromatic carbocycles. The highest BCUT2D eigenvalue weighted by Gasteiger charge is 2.32. The smallest absolute Gasteiger partial charge is 0.0850 e. The molecule has 0 saturated carbocycles. The third-order valence-electron chi connectivity index (χ3n) is 4.46. The molecule has 1 N–H and O–H groups in total. The number of hydrogen-bond donors (Lipinski definition) is 1. The van der Waals surface area contributed by atoms with E-state index in [1.54, 1.807) is 0 Å². The highest BCUT2D eigenvalue weighted by atomic mass is 35.5. The van der Waals surface area contributed by atoms with Gasteiger partial charge in [0.2, 0.25) is 0 Å². The van der Waals surface area contributed by atoms with Crippen LogP contribution < -0.4 is 0 Å². The van der Waals surface area contributed by atoms with E-state index >= 15 is 0 Å². The summed E-state index contributed by atoms with van der Waals surface area (Å²) in [6, 6.07) is 0. The van der Waals surface area contributed by atoms with E-state index < -0.39 is 5.60 Å². The molecule has 1 fully saturated rings. The second-order valence-electron chi connectivity index (χ2n) is 5.87. The van der Waals surface area contributed by atoms with Gasteiger partial charge in [-0.3, -0.25) is 4.68 Å². The maximum Gasteiger partial charge on any atom is 0.0850 e. The minimum absolute atomic E-state index is 0.604. The summed E-state index contributed by atoms with van der Waals surface area (Å²) in [4.78, 5) is 2.40. The molecule has 5 heteroatoms. The lowest BCUT2D eigenvalue weighted by Crippen LogP contribution is -2.34. The highest BCUT2D eigenvalue weighted by molar-refractivity contribution is 6.31. The average Bonchev–Trinajstić information content (AvgIpc) is 2.61. The van der Waals surface area contributed by atoms with Gasteiger partial charge in [-0.15, -0.1) is 0 Å². The highest BCUT2D eigenvalue weighted by Crippen LogP contribution is 2.30. The van der Waals surface area contributed by atoms with Crippen LogP contribution in [0.25, 0.3) is 0 Å².